The molecule has 0 fully saturated rings. The van der Waals surface area contributed by atoms with Crippen molar-refractivity contribution in [2.45, 2.75) is 20.0 Å². The second kappa shape index (κ2) is 4.73. The quantitative estimate of drug-likeness (QED) is 0.851. The summed E-state index contributed by atoms with van der Waals surface area (Å²) in [6, 6.07) is 2.80. The summed E-state index contributed by atoms with van der Waals surface area (Å²) in [6.07, 6.45) is 0.581. The molecular weight excluding hydrogens is 237 g/mol. The lowest BCUT2D eigenvalue weighted by molar-refractivity contribution is 0.0917. The van der Waals surface area contributed by atoms with Crippen LogP contribution in [0.25, 0.3) is 5.65 Å². The Morgan fingerprint density at radius 1 is 1.61 bits per heavy atom. The van der Waals surface area contributed by atoms with Crippen LogP contribution in [0.1, 0.15) is 23.1 Å². The first kappa shape index (κ1) is 12.5. The number of aryl methyl sites for hydroxylation is 1. The van der Waals surface area contributed by atoms with Gasteiger partial charge in [-0.05, 0) is 26.0 Å². The Balaban J connectivity index is 2.40. The normalized spacial score (nSPS) is 12.7. The van der Waals surface area contributed by atoms with Crippen LogP contribution in [0.15, 0.2) is 18.3 Å². The highest BCUT2D eigenvalue weighted by Gasteiger charge is 2.16. The van der Waals surface area contributed by atoms with E-state index in [1.54, 1.807) is 13.8 Å². The number of amides is 1. The Hall–Kier alpha value is -1.95. The molecule has 0 spiro atoms. The minimum absolute atomic E-state index is 0.140. The molecule has 0 aromatic carbocycles. The number of nitrogens with one attached hydrogen (secondary N) is 1. The van der Waals surface area contributed by atoms with Gasteiger partial charge in [0.15, 0.2) is 0 Å². The summed E-state index contributed by atoms with van der Waals surface area (Å²) in [5.41, 5.74) is 1.31. The number of nitrogens with zero attached hydrogens (tertiary/aromatic N) is 2. The number of carbonyl (C=O) groups is 1. The molecule has 2 aromatic heterocycles. The Kier molecular flexibility index (Phi) is 3.29. The number of hydrogen-bond acceptors (Lipinski definition) is 3. The summed E-state index contributed by atoms with van der Waals surface area (Å²) >= 11 is 0. The standard InChI is InChI=1S/C12H14FN3O2/c1-7(17)5-14-12(18)11-8(2)15-10-4-3-9(13)6-16(10)11/h3-4,6-7,17H,5H2,1-2H3,(H,14,18). The van der Waals surface area contributed by atoms with Crippen LogP contribution in [0.5, 0.6) is 0 Å². The number of aliphatic hydroxyl groups excluding tert-OH is 1. The highest BCUT2D eigenvalue weighted by atomic mass is 19.1. The van der Waals surface area contributed by atoms with Gasteiger partial charge in [-0.3, -0.25) is 9.20 Å². The molecule has 1 amide bonds. The van der Waals surface area contributed by atoms with Gasteiger partial charge in [-0.25, -0.2) is 9.37 Å². The molecule has 6 heteroatoms. The highest BCUT2D eigenvalue weighted by Crippen LogP contribution is 2.13. The maximum absolute atomic E-state index is 13.2. The molecule has 0 saturated heterocycles. The van der Waals surface area contributed by atoms with Gasteiger partial charge >= 0.3 is 0 Å². The molecular formula is C12H14FN3O2. The van der Waals surface area contributed by atoms with Crippen LogP contribution in [0.2, 0.25) is 0 Å². The van der Waals surface area contributed by atoms with E-state index in [1.807, 2.05) is 0 Å². The highest BCUT2D eigenvalue weighted by molar-refractivity contribution is 5.94. The maximum Gasteiger partial charge on any atom is 0.270 e. The molecule has 0 aliphatic carbocycles. The molecule has 5 nitrogen and oxygen atoms in total. The number of aliphatic hydroxyl groups is 1. The molecule has 0 bridgehead atoms. The molecule has 0 saturated carbocycles. The number of pyridine rings is 1. The van der Waals surface area contributed by atoms with E-state index < -0.39 is 11.9 Å². The second-order valence-corrected chi connectivity index (χ2v) is 4.18. The van der Waals surface area contributed by atoms with Gasteiger partial charge in [0.1, 0.15) is 17.2 Å². The van der Waals surface area contributed by atoms with Gasteiger partial charge in [-0.15, -0.1) is 0 Å². The number of carbonyl (C=O) groups excluding carboxylic acids is 1. The largest absolute Gasteiger partial charge is 0.392 e. The van der Waals surface area contributed by atoms with Crippen LogP contribution in [0, 0.1) is 12.7 Å². The molecule has 1 atom stereocenters. The van der Waals surface area contributed by atoms with E-state index in [-0.39, 0.29) is 18.1 Å². The van der Waals surface area contributed by atoms with E-state index in [4.69, 9.17) is 5.11 Å². The first-order chi connectivity index (χ1) is 8.49. The molecule has 2 rings (SSSR count). The van der Waals surface area contributed by atoms with Crippen LogP contribution in [-0.4, -0.2) is 33.0 Å². The van der Waals surface area contributed by atoms with Gasteiger partial charge in [0.25, 0.3) is 5.91 Å². The van der Waals surface area contributed by atoms with Crippen molar-refractivity contribution in [3.8, 4) is 0 Å². The van der Waals surface area contributed by atoms with Crippen molar-refractivity contribution >= 4 is 11.6 Å². The number of halogens is 1. The molecule has 2 heterocycles. The first-order valence-electron chi connectivity index (χ1n) is 5.59. The Bertz CT molecular complexity index is 592. The smallest absolute Gasteiger partial charge is 0.270 e. The third-order valence-corrected chi connectivity index (χ3v) is 2.53. The van der Waals surface area contributed by atoms with E-state index in [0.717, 1.165) is 0 Å². The fourth-order valence-corrected chi connectivity index (χ4v) is 1.73. The minimum atomic E-state index is -0.634. The van der Waals surface area contributed by atoms with Gasteiger partial charge in [0.05, 0.1) is 11.8 Å². The van der Waals surface area contributed by atoms with E-state index in [1.165, 1.54) is 22.7 Å². The lowest BCUT2D eigenvalue weighted by Crippen LogP contribution is -2.31. The summed E-state index contributed by atoms with van der Waals surface area (Å²) < 4.78 is 14.6. The second-order valence-electron chi connectivity index (χ2n) is 4.18. The van der Waals surface area contributed by atoms with Crippen LogP contribution in [0.4, 0.5) is 4.39 Å². The van der Waals surface area contributed by atoms with Gasteiger partial charge in [0, 0.05) is 12.7 Å². The topological polar surface area (TPSA) is 66.6 Å². The van der Waals surface area contributed by atoms with Gasteiger partial charge < -0.3 is 10.4 Å². The van der Waals surface area contributed by atoms with Crippen molar-refractivity contribution in [2.24, 2.45) is 0 Å². The van der Waals surface area contributed by atoms with Gasteiger partial charge in [0.2, 0.25) is 0 Å². The Morgan fingerprint density at radius 3 is 3.00 bits per heavy atom. The number of rotatable bonds is 3. The van der Waals surface area contributed by atoms with E-state index in [2.05, 4.69) is 10.3 Å². The number of hydrogen-bond donors (Lipinski definition) is 2. The molecule has 18 heavy (non-hydrogen) atoms. The van der Waals surface area contributed by atoms with Crippen LogP contribution >= 0.6 is 0 Å². The molecule has 1 unspecified atom stereocenters. The lowest BCUT2D eigenvalue weighted by Gasteiger charge is -2.07. The third-order valence-electron chi connectivity index (χ3n) is 2.53. The molecule has 0 radical (unpaired) electrons. The number of fused-ring (bicyclic) bond motifs is 1. The molecule has 2 N–H and O–H groups in total. The summed E-state index contributed by atoms with van der Waals surface area (Å²) in [4.78, 5) is 16.1. The van der Waals surface area contributed by atoms with E-state index in [9.17, 15) is 9.18 Å². The maximum atomic E-state index is 13.2. The van der Waals surface area contributed by atoms with E-state index in [0.29, 0.717) is 11.3 Å². The zero-order valence-corrected chi connectivity index (χ0v) is 10.1. The summed E-state index contributed by atoms with van der Waals surface area (Å²) in [5, 5.41) is 11.7. The zero-order valence-electron chi connectivity index (χ0n) is 10.1. The summed E-state index contributed by atoms with van der Waals surface area (Å²) in [6.45, 7) is 3.39. The third kappa shape index (κ3) is 2.33. The van der Waals surface area contributed by atoms with Crippen LogP contribution < -0.4 is 5.32 Å². The predicted molar refractivity (Wildman–Crippen MR) is 63.9 cm³/mol. The first-order valence-corrected chi connectivity index (χ1v) is 5.59. The fourth-order valence-electron chi connectivity index (χ4n) is 1.73. The van der Waals surface area contributed by atoms with Crippen LogP contribution in [0.3, 0.4) is 0 Å². The Labute approximate surface area is 103 Å². The average molecular weight is 251 g/mol. The van der Waals surface area contributed by atoms with Crippen molar-refractivity contribution in [3.63, 3.8) is 0 Å². The van der Waals surface area contributed by atoms with Gasteiger partial charge in [-0.2, -0.15) is 0 Å². The van der Waals surface area contributed by atoms with Crippen molar-refractivity contribution in [1.29, 1.82) is 0 Å². The monoisotopic (exact) mass is 251 g/mol. The van der Waals surface area contributed by atoms with Crippen LogP contribution in [-0.2, 0) is 0 Å². The Morgan fingerprint density at radius 2 is 2.33 bits per heavy atom. The summed E-state index contributed by atoms with van der Waals surface area (Å²) in [5.74, 6) is -0.823. The lowest BCUT2D eigenvalue weighted by atomic mass is 10.3. The molecule has 2 aromatic rings. The molecule has 0 aliphatic rings. The SMILES string of the molecule is Cc1nc2ccc(F)cn2c1C(=O)NCC(C)O. The summed E-state index contributed by atoms with van der Waals surface area (Å²) in [7, 11) is 0. The minimum Gasteiger partial charge on any atom is -0.392 e. The van der Waals surface area contributed by atoms with Gasteiger partial charge in [-0.1, -0.05) is 0 Å². The van der Waals surface area contributed by atoms with Crippen molar-refractivity contribution in [2.75, 3.05) is 6.54 Å². The predicted octanol–water partition coefficient (Wildman–Crippen LogP) is 0.892. The van der Waals surface area contributed by atoms with Crippen molar-refractivity contribution in [1.82, 2.24) is 14.7 Å². The molecule has 96 valence electrons. The molecule has 0 aliphatic heterocycles. The zero-order chi connectivity index (χ0) is 13.3. The number of aromatic nitrogens is 2. The fraction of sp³-hybridized carbons (Fsp3) is 0.333. The van der Waals surface area contributed by atoms with Crippen molar-refractivity contribution in [3.05, 3.63) is 35.5 Å². The number of imidazole rings is 1. The van der Waals surface area contributed by atoms with Crippen molar-refractivity contribution < 1.29 is 14.3 Å². The van der Waals surface area contributed by atoms with E-state index >= 15 is 0 Å². The average Bonchev–Trinajstić information content (AvgIpc) is 2.61.